The Labute approximate surface area is 114 Å². The van der Waals surface area contributed by atoms with Crippen LogP contribution in [-0.4, -0.2) is 43.9 Å². The predicted molar refractivity (Wildman–Crippen MR) is 77.2 cm³/mol. The van der Waals surface area contributed by atoms with E-state index in [1.807, 2.05) is 37.3 Å². The van der Waals surface area contributed by atoms with Crippen LogP contribution in [0.25, 0.3) is 0 Å². The van der Waals surface area contributed by atoms with Gasteiger partial charge in [-0.25, -0.2) is 0 Å². The molecule has 0 atom stereocenters. The molecule has 3 N–H and O–H groups in total. The van der Waals surface area contributed by atoms with E-state index in [9.17, 15) is 0 Å². The fourth-order valence-electron chi connectivity index (χ4n) is 1.51. The molecule has 0 bridgehead atoms. The minimum Gasteiger partial charge on any atom is -0.394 e. The summed E-state index contributed by atoms with van der Waals surface area (Å²) in [5.41, 5.74) is 1.17. The highest BCUT2D eigenvalue weighted by Crippen LogP contribution is 1.99. The molecule has 0 aliphatic heterocycles. The highest BCUT2D eigenvalue weighted by atomic mass is 16.5. The minimum absolute atomic E-state index is 0.0566. The van der Waals surface area contributed by atoms with E-state index in [0.717, 1.165) is 6.54 Å². The molecule has 0 aliphatic carbocycles. The molecule has 1 rings (SSSR count). The third-order valence-corrected chi connectivity index (χ3v) is 2.36. The van der Waals surface area contributed by atoms with Crippen molar-refractivity contribution in [2.24, 2.45) is 4.99 Å². The zero-order valence-corrected chi connectivity index (χ0v) is 11.4. The maximum absolute atomic E-state index is 8.73. The Bertz CT molecular complexity index is 355. The van der Waals surface area contributed by atoms with Crippen LogP contribution in [-0.2, 0) is 11.3 Å². The van der Waals surface area contributed by atoms with Gasteiger partial charge in [0.1, 0.15) is 0 Å². The van der Waals surface area contributed by atoms with E-state index in [2.05, 4.69) is 15.6 Å². The Kier molecular flexibility index (Phi) is 8.42. The molecule has 1 aromatic carbocycles. The number of hydrogen-bond donors (Lipinski definition) is 3. The van der Waals surface area contributed by atoms with Gasteiger partial charge in [0, 0.05) is 13.1 Å². The first-order valence-electron chi connectivity index (χ1n) is 6.61. The number of rotatable bonds is 8. The lowest BCUT2D eigenvalue weighted by Gasteiger charge is -2.11. The first-order chi connectivity index (χ1) is 9.36. The minimum atomic E-state index is 0.0566. The van der Waals surface area contributed by atoms with Gasteiger partial charge in [0.15, 0.2) is 5.96 Å². The molecule has 0 fully saturated rings. The molecule has 106 valence electrons. The molecule has 0 radical (unpaired) electrons. The Morgan fingerprint density at radius 1 is 1.26 bits per heavy atom. The number of nitrogens with zero attached hydrogens (tertiary/aromatic N) is 1. The Morgan fingerprint density at radius 2 is 2.05 bits per heavy atom. The molecule has 0 aliphatic rings. The van der Waals surface area contributed by atoms with Crippen molar-refractivity contribution in [2.45, 2.75) is 13.5 Å². The molecule has 0 heterocycles. The first-order valence-corrected chi connectivity index (χ1v) is 6.61. The summed E-state index contributed by atoms with van der Waals surface area (Å²) < 4.78 is 5.56. The van der Waals surface area contributed by atoms with Crippen LogP contribution in [0, 0.1) is 0 Å². The summed E-state index contributed by atoms with van der Waals surface area (Å²) in [5.74, 6) is 0.708. The lowest BCUT2D eigenvalue weighted by atomic mass is 10.2. The number of hydrogen-bond acceptors (Lipinski definition) is 3. The molecule has 0 saturated carbocycles. The van der Waals surface area contributed by atoms with Crippen molar-refractivity contribution in [3.05, 3.63) is 35.9 Å². The Hall–Kier alpha value is -1.59. The van der Waals surface area contributed by atoms with Crippen molar-refractivity contribution in [1.29, 1.82) is 0 Å². The Balaban J connectivity index is 2.14. The molecule has 0 aromatic heterocycles. The second-order valence-corrected chi connectivity index (χ2v) is 3.95. The summed E-state index contributed by atoms with van der Waals surface area (Å²) in [6.45, 7) is 5.17. The van der Waals surface area contributed by atoms with E-state index in [1.54, 1.807) is 0 Å². The first kappa shape index (κ1) is 15.5. The average Bonchev–Trinajstić information content (AvgIpc) is 2.45. The van der Waals surface area contributed by atoms with Crippen molar-refractivity contribution in [3.63, 3.8) is 0 Å². The second-order valence-electron chi connectivity index (χ2n) is 3.95. The molecule has 1 aromatic rings. The third-order valence-electron chi connectivity index (χ3n) is 2.36. The van der Waals surface area contributed by atoms with Gasteiger partial charge in [0.2, 0.25) is 0 Å². The van der Waals surface area contributed by atoms with Crippen LogP contribution in [0.1, 0.15) is 12.5 Å². The smallest absolute Gasteiger partial charge is 0.191 e. The molecular weight excluding hydrogens is 242 g/mol. The SMILES string of the molecule is CCNC(=NCCO)NCCOCc1ccccc1. The van der Waals surface area contributed by atoms with E-state index in [4.69, 9.17) is 9.84 Å². The highest BCUT2D eigenvalue weighted by molar-refractivity contribution is 5.79. The number of nitrogens with one attached hydrogen (secondary N) is 2. The van der Waals surface area contributed by atoms with Gasteiger partial charge >= 0.3 is 0 Å². The summed E-state index contributed by atoms with van der Waals surface area (Å²) in [5, 5.41) is 15.0. The molecule has 5 nitrogen and oxygen atoms in total. The number of ether oxygens (including phenoxy) is 1. The van der Waals surface area contributed by atoms with Crippen molar-refractivity contribution in [1.82, 2.24) is 10.6 Å². The van der Waals surface area contributed by atoms with Gasteiger partial charge in [0.25, 0.3) is 0 Å². The van der Waals surface area contributed by atoms with E-state index >= 15 is 0 Å². The van der Waals surface area contributed by atoms with E-state index in [1.165, 1.54) is 5.56 Å². The second kappa shape index (κ2) is 10.3. The molecule has 0 spiro atoms. The normalized spacial score (nSPS) is 11.4. The van der Waals surface area contributed by atoms with Gasteiger partial charge in [-0.1, -0.05) is 30.3 Å². The van der Waals surface area contributed by atoms with Crippen LogP contribution in [0.5, 0.6) is 0 Å². The van der Waals surface area contributed by atoms with Gasteiger partial charge < -0.3 is 20.5 Å². The van der Waals surface area contributed by atoms with Crippen molar-refractivity contribution < 1.29 is 9.84 Å². The van der Waals surface area contributed by atoms with E-state index < -0.39 is 0 Å². The van der Waals surface area contributed by atoms with Crippen LogP contribution < -0.4 is 10.6 Å². The monoisotopic (exact) mass is 265 g/mol. The topological polar surface area (TPSA) is 65.9 Å². The third kappa shape index (κ3) is 7.43. The van der Waals surface area contributed by atoms with Gasteiger partial charge in [0.05, 0.1) is 26.4 Å². The molecule has 5 heteroatoms. The summed E-state index contributed by atoms with van der Waals surface area (Å²) in [6, 6.07) is 10.1. The zero-order chi connectivity index (χ0) is 13.8. The number of guanidine groups is 1. The largest absolute Gasteiger partial charge is 0.394 e. The molecule has 0 amide bonds. The van der Waals surface area contributed by atoms with Gasteiger partial charge in [-0.15, -0.1) is 0 Å². The summed E-state index contributed by atoms with van der Waals surface area (Å²) in [6.07, 6.45) is 0. The summed E-state index contributed by atoms with van der Waals surface area (Å²) >= 11 is 0. The maximum atomic E-state index is 8.73. The van der Waals surface area contributed by atoms with Crippen LogP contribution >= 0.6 is 0 Å². The number of aliphatic hydroxyl groups excluding tert-OH is 1. The van der Waals surface area contributed by atoms with Crippen molar-refractivity contribution in [2.75, 3.05) is 32.8 Å². The molecule has 0 unspecified atom stereocenters. The van der Waals surface area contributed by atoms with E-state index in [-0.39, 0.29) is 6.61 Å². The highest BCUT2D eigenvalue weighted by Gasteiger charge is 1.96. The number of aliphatic imine (C=N–C) groups is 1. The van der Waals surface area contributed by atoms with Crippen molar-refractivity contribution in [3.8, 4) is 0 Å². The van der Waals surface area contributed by atoms with Crippen LogP contribution in [0.15, 0.2) is 35.3 Å². The van der Waals surface area contributed by atoms with E-state index in [0.29, 0.717) is 32.3 Å². The lowest BCUT2D eigenvalue weighted by Crippen LogP contribution is -2.39. The van der Waals surface area contributed by atoms with Gasteiger partial charge in [-0.05, 0) is 12.5 Å². The van der Waals surface area contributed by atoms with Gasteiger partial charge in [-0.3, -0.25) is 4.99 Å². The molecule has 19 heavy (non-hydrogen) atoms. The van der Waals surface area contributed by atoms with Crippen LogP contribution in [0.2, 0.25) is 0 Å². The fourth-order valence-corrected chi connectivity index (χ4v) is 1.51. The molecular formula is C14H23N3O2. The maximum Gasteiger partial charge on any atom is 0.191 e. The zero-order valence-electron chi connectivity index (χ0n) is 11.4. The number of aliphatic hydroxyl groups is 1. The Morgan fingerprint density at radius 3 is 2.74 bits per heavy atom. The summed E-state index contributed by atoms with van der Waals surface area (Å²) in [7, 11) is 0. The van der Waals surface area contributed by atoms with Crippen molar-refractivity contribution >= 4 is 5.96 Å². The summed E-state index contributed by atoms with van der Waals surface area (Å²) in [4.78, 5) is 4.18. The standard InChI is InChI=1S/C14H23N3O2/c1-2-15-14(16-8-10-18)17-9-11-19-12-13-6-4-3-5-7-13/h3-7,18H,2,8-12H2,1H3,(H2,15,16,17). The molecule has 0 saturated heterocycles. The quantitative estimate of drug-likeness (QED) is 0.369. The predicted octanol–water partition coefficient (Wildman–Crippen LogP) is 0.751. The van der Waals surface area contributed by atoms with Gasteiger partial charge in [-0.2, -0.15) is 0 Å². The lowest BCUT2D eigenvalue weighted by molar-refractivity contribution is 0.125. The van der Waals surface area contributed by atoms with Crippen LogP contribution in [0.3, 0.4) is 0 Å². The van der Waals surface area contributed by atoms with Crippen LogP contribution in [0.4, 0.5) is 0 Å². The number of benzene rings is 1. The fraction of sp³-hybridized carbons (Fsp3) is 0.500. The average molecular weight is 265 g/mol.